The van der Waals surface area contributed by atoms with Gasteiger partial charge >= 0.3 is 5.97 Å². The molecule has 0 atom stereocenters. The van der Waals surface area contributed by atoms with Crippen LogP contribution >= 0.6 is 0 Å². The molecule has 21 heavy (non-hydrogen) atoms. The summed E-state index contributed by atoms with van der Waals surface area (Å²) in [5.74, 6) is -0.533. The molecule has 0 aliphatic rings. The van der Waals surface area contributed by atoms with E-state index in [9.17, 15) is 9.90 Å². The Morgan fingerprint density at radius 2 is 2.14 bits per heavy atom. The number of nitrogens with zero attached hydrogens (tertiary/aromatic N) is 4. The Balaban J connectivity index is 2.10. The second-order valence-corrected chi connectivity index (χ2v) is 4.59. The number of ether oxygens (including phenoxy) is 1. The zero-order chi connectivity index (χ0) is 15.0. The van der Waals surface area contributed by atoms with Gasteiger partial charge in [0.05, 0.1) is 6.20 Å². The molecular formula is C14H12N4O3. The lowest BCUT2D eigenvalue weighted by molar-refractivity contribution is 0.0694. The summed E-state index contributed by atoms with van der Waals surface area (Å²) in [6.45, 7) is 1.86. The molecule has 0 bridgehead atoms. The molecular weight excluding hydrogens is 272 g/mol. The maximum absolute atomic E-state index is 11.3. The molecule has 7 nitrogen and oxygen atoms in total. The van der Waals surface area contributed by atoms with Crippen molar-refractivity contribution in [2.45, 2.75) is 6.92 Å². The normalized spacial score (nSPS) is 10.8. The van der Waals surface area contributed by atoms with Gasteiger partial charge in [0.2, 0.25) is 5.88 Å². The van der Waals surface area contributed by atoms with Crippen LogP contribution in [0, 0.1) is 6.92 Å². The Morgan fingerprint density at radius 3 is 2.90 bits per heavy atom. The van der Waals surface area contributed by atoms with Gasteiger partial charge in [0.1, 0.15) is 23.0 Å². The van der Waals surface area contributed by atoms with Gasteiger partial charge in [-0.2, -0.15) is 5.10 Å². The van der Waals surface area contributed by atoms with E-state index in [1.54, 1.807) is 30.1 Å². The summed E-state index contributed by atoms with van der Waals surface area (Å²) < 4.78 is 7.29. The van der Waals surface area contributed by atoms with Crippen LogP contribution in [0.2, 0.25) is 0 Å². The monoisotopic (exact) mass is 284 g/mol. The number of aromatic carboxylic acids is 1. The topological polar surface area (TPSA) is 90.1 Å². The quantitative estimate of drug-likeness (QED) is 0.792. The largest absolute Gasteiger partial charge is 0.478 e. The van der Waals surface area contributed by atoms with E-state index in [0.29, 0.717) is 11.0 Å². The van der Waals surface area contributed by atoms with Crippen LogP contribution in [0.3, 0.4) is 0 Å². The molecule has 0 fully saturated rings. The van der Waals surface area contributed by atoms with Crippen LogP contribution in [-0.2, 0) is 7.05 Å². The van der Waals surface area contributed by atoms with Crippen molar-refractivity contribution in [2.24, 2.45) is 7.05 Å². The SMILES string of the molecule is Cc1ccc(C(=O)O)c(Oc2ncnc3c2cnn3C)c1. The zero-order valence-electron chi connectivity index (χ0n) is 11.4. The minimum Gasteiger partial charge on any atom is -0.478 e. The van der Waals surface area contributed by atoms with Crippen LogP contribution in [-0.4, -0.2) is 30.8 Å². The van der Waals surface area contributed by atoms with E-state index < -0.39 is 5.97 Å². The van der Waals surface area contributed by atoms with Crippen LogP contribution in [0.1, 0.15) is 15.9 Å². The number of rotatable bonds is 3. The summed E-state index contributed by atoms with van der Waals surface area (Å²) in [7, 11) is 1.76. The van der Waals surface area contributed by atoms with Gasteiger partial charge in [-0.15, -0.1) is 0 Å². The number of hydrogen-bond acceptors (Lipinski definition) is 5. The van der Waals surface area contributed by atoms with Crippen molar-refractivity contribution < 1.29 is 14.6 Å². The second kappa shape index (κ2) is 4.86. The number of fused-ring (bicyclic) bond motifs is 1. The minimum absolute atomic E-state index is 0.0799. The highest BCUT2D eigenvalue weighted by Crippen LogP contribution is 2.29. The molecule has 7 heteroatoms. The maximum Gasteiger partial charge on any atom is 0.339 e. The predicted molar refractivity (Wildman–Crippen MR) is 74.5 cm³/mol. The average Bonchev–Trinajstić information content (AvgIpc) is 2.82. The summed E-state index contributed by atoms with van der Waals surface area (Å²) in [4.78, 5) is 19.4. The van der Waals surface area contributed by atoms with E-state index in [1.807, 2.05) is 6.92 Å². The van der Waals surface area contributed by atoms with Gasteiger partial charge in [0.15, 0.2) is 5.65 Å². The molecule has 2 aromatic heterocycles. The van der Waals surface area contributed by atoms with Crippen LogP contribution in [0.15, 0.2) is 30.7 Å². The Hall–Kier alpha value is -2.96. The molecule has 2 heterocycles. The first-order valence-corrected chi connectivity index (χ1v) is 6.21. The van der Waals surface area contributed by atoms with Crippen molar-refractivity contribution in [3.05, 3.63) is 41.9 Å². The lowest BCUT2D eigenvalue weighted by Gasteiger charge is -2.09. The molecule has 3 aromatic rings. The number of carboxylic acid groups (broad SMARTS) is 1. The molecule has 0 spiro atoms. The maximum atomic E-state index is 11.3. The number of benzene rings is 1. The second-order valence-electron chi connectivity index (χ2n) is 4.59. The Kier molecular flexibility index (Phi) is 3.02. The van der Waals surface area contributed by atoms with E-state index in [0.717, 1.165) is 5.56 Å². The van der Waals surface area contributed by atoms with Crippen LogP contribution in [0.5, 0.6) is 11.6 Å². The van der Waals surface area contributed by atoms with E-state index in [4.69, 9.17) is 4.74 Å². The molecule has 1 aromatic carbocycles. The lowest BCUT2D eigenvalue weighted by atomic mass is 10.1. The molecule has 106 valence electrons. The lowest BCUT2D eigenvalue weighted by Crippen LogP contribution is -2.01. The zero-order valence-corrected chi connectivity index (χ0v) is 11.4. The van der Waals surface area contributed by atoms with Gasteiger partial charge in [-0.1, -0.05) is 6.07 Å². The van der Waals surface area contributed by atoms with E-state index in [1.165, 1.54) is 12.4 Å². The molecule has 0 aliphatic carbocycles. The number of aryl methyl sites for hydroxylation is 2. The van der Waals surface area contributed by atoms with Crippen LogP contribution < -0.4 is 4.74 Å². The minimum atomic E-state index is -1.05. The average molecular weight is 284 g/mol. The number of aromatic nitrogens is 4. The van der Waals surface area contributed by atoms with Crippen molar-refractivity contribution in [2.75, 3.05) is 0 Å². The van der Waals surface area contributed by atoms with Crippen molar-refractivity contribution in [1.82, 2.24) is 19.7 Å². The summed E-state index contributed by atoms with van der Waals surface area (Å²) in [5.41, 5.74) is 1.59. The standard InChI is InChI=1S/C14H12N4O3/c1-8-3-4-9(14(19)20)11(5-8)21-13-10-6-17-18(2)12(10)15-7-16-13/h3-7H,1-2H3,(H,19,20). The van der Waals surface area contributed by atoms with Gasteiger partial charge in [0, 0.05) is 7.05 Å². The summed E-state index contributed by atoms with van der Waals surface area (Å²) in [5, 5.41) is 13.9. The Bertz CT molecular complexity index is 841. The van der Waals surface area contributed by atoms with Crippen LogP contribution in [0.25, 0.3) is 11.0 Å². The third kappa shape index (κ3) is 2.29. The smallest absolute Gasteiger partial charge is 0.339 e. The third-order valence-corrected chi connectivity index (χ3v) is 3.07. The summed E-state index contributed by atoms with van der Waals surface area (Å²) in [6, 6.07) is 4.89. The van der Waals surface area contributed by atoms with Gasteiger partial charge in [-0.3, -0.25) is 4.68 Å². The fraction of sp³-hybridized carbons (Fsp3) is 0.143. The molecule has 0 aliphatic heterocycles. The summed E-state index contributed by atoms with van der Waals surface area (Å²) in [6.07, 6.45) is 2.94. The third-order valence-electron chi connectivity index (χ3n) is 3.07. The molecule has 3 rings (SSSR count). The Morgan fingerprint density at radius 1 is 1.33 bits per heavy atom. The van der Waals surface area contributed by atoms with Crippen molar-refractivity contribution in [1.29, 1.82) is 0 Å². The van der Waals surface area contributed by atoms with E-state index in [-0.39, 0.29) is 17.2 Å². The molecule has 0 radical (unpaired) electrons. The highest BCUT2D eigenvalue weighted by atomic mass is 16.5. The molecule has 0 unspecified atom stereocenters. The summed E-state index contributed by atoms with van der Waals surface area (Å²) >= 11 is 0. The molecule has 0 saturated heterocycles. The molecule has 0 amide bonds. The fourth-order valence-corrected chi connectivity index (χ4v) is 2.02. The first kappa shape index (κ1) is 13.0. The van der Waals surface area contributed by atoms with Crippen molar-refractivity contribution in [3.8, 4) is 11.6 Å². The molecule has 0 saturated carbocycles. The number of hydrogen-bond donors (Lipinski definition) is 1. The highest BCUT2D eigenvalue weighted by Gasteiger charge is 2.15. The first-order chi connectivity index (χ1) is 10.1. The van der Waals surface area contributed by atoms with Crippen molar-refractivity contribution in [3.63, 3.8) is 0 Å². The fourth-order valence-electron chi connectivity index (χ4n) is 2.02. The predicted octanol–water partition coefficient (Wildman–Crippen LogP) is 2.16. The van der Waals surface area contributed by atoms with E-state index in [2.05, 4.69) is 15.1 Å². The van der Waals surface area contributed by atoms with Gasteiger partial charge in [0.25, 0.3) is 0 Å². The van der Waals surface area contributed by atoms with Crippen molar-refractivity contribution >= 4 is 17.0 Å². The van der Waals surface area contributed by atoms with E-state index >= 15 is 0 Å². The van der Waals surface area contributed by atoms with Gasteiger partial charge in [-0.05, 0) is 24.6 Å². The highest BCUT2D eigenvalue weighted by molar-refractivity contribution is 5.91. The van der Waals surface area contributed by atoms with Gasteiger partial charge in [-0.25, -0.2) is 14.8 Å². The number of carboxylic acids is 1. The molecule has 1 N–H and O–H groups in total. The van der Waals surface area contributed by atoms with Gasteiger partial charge < -0.3 is 9.84 Å². The van der Waals surface area contributed by atoms with Crippen LogP contribution in [0.4, 0.5) is 0 Å². The Labute approximate surface area is 119 Å². The number of carbonyl (C=O) groups is 1. The first-order valence-electron chi connectivity index (χ1n) is 6.21.